The Morgan fingerprint density at radius 1 is 1.15 bits per heavy atom. The number of benzene rings is 1. The van der Waals surface area contributed by atoms with Crippen LogP contribution in [0.3, 0.4) is 0 Å². The van der Waals surface area contributed by atoms with E-state index in [2.05, 4.69) is 20.2 Å². The molecule has 26 heavy (non-hydrogen) atoms. The lowest BCUT2D eigenvalue weighted by Crippen LogP contribution is -2.26. The lowest BCUT2D eigenvalue weighted by atomic mass is 10.2. The fraction of sp³-hybridized carbons (Fsp3) is 0.421. The number of nitrogens with one attached hydrogen (secondary N) is 1. The SMILES string of the molecule is COc1ccc(NC(=O)c2cc(N3CCCCCC3)nc(C)n2)cc1Cl. The number of rotatable bonds is 4. The van der Waals surface area contributed by atoms with Crippen LogP contribution in [0.2, 0.25) is 5.02 Å². The third-order valence-electron chi connectivity index (χ3n) is 4.40. The maximum absolute atomic E-state index is 12.6. The summed E-state index contributed by atoms with van der Waals surface area (Å²) < 4.78 is 5.13. The fourth-order valence-electron chi connectivity index (χ4n) is 3.07. The smallest absolute Gasteiger partial charge is 0.274 e. The molecule has 1 aromatic carbocycles. The molecule has 2 heterocycles. The van der Waals surface area contributed by atoms with E-state index in [0.717, 1.165) is 31.7 Å². The van der Waals surface area contributed by atoms with Crippen molar-refractivity contribution in [3.8, 4) is 5.75 Å². The van der Waals surface area contributed by atoms with E-state index in [4.69, 9.17) is 16.3 Å². The number of aryl methyl sites for hydroxylation is 1. The van der Waals surface area contributed by atoms with Crippen molar-refractivity contribution in [1.29, 1.82) is 0 Å². The number of methoxy groups -OCH3 is 1. The molecule has 0 radical (unpaired) electrons. The minimum Gasteiger partial charge on any atom is -0.495 e. The van der Waals surface area contributed by atoms with Gasteiger partial charge in [-0.15, -0.1) is 0 Å². The van der Waals surface area contributed by atoms with Gasteiger partial charge >= 0.3 is 0 Å². The second-order valence-electron chi connectivity index (χ2n) is 6.36. The summed E-state index contributed by atoms with van der Waals surface area (Å²) in [6.07, 6.45) is 4.78. The van der Waals surface area contributed by atoms with Crippen molar-refractivity contribution in [2.45, 2.75) is 32.6 Å². The summed E-state index contributed by atoms with van der Waals surface area (Å²) in [5.41, 5.74) is 0.942. The number of carbonyl (C=O) groups is 1. The molecular formula is C19H23ClN4O2. The van der Waals surface area contributed by atoms with Crippen molar-refractivity contribution in [1.82, 2.24) is 9.97 Å². The number of halogens is 1. The Kier molecular flexibility index (Phi) is 5.93. The third-order valence-corrected chi connectivity index (χ3v) is 4.69. The quantitative estimate of drug-likeness (QED) is 0.873. The Labute approximate surface area is 158 Å². The van der Waals surface area contributed by atoms with E-state index in [0.29, 0.717) is 28.0 Å². The van der Waals surface area contributed by atoms with Crippen molar-refractivity contribution in [3.63, 3.8) is 0 Å². The second kappa shape index (κ2) is 8.36. The van der Waals surface area contributed by atoms with E-state index in [1.165, 1.54) is 12.8 Å². The van der Waals surface area contributed by atoms with Crippen LogP contribution < -0.4 is 15.0 Å². The molecule has 0 spiro atoms. The van der Waals surface area contributed by atoms with Crippen LogP contribution in [-0.2, 0) is 0 Å². The number of carbonyl (C=O) groups excluding carboxylic acids is 1. The van der Waals surface area contributed by atoms with Gasteiger partial charge in [0, 0.05) is 24.8 Å². The Hall–Kier alpha value is -2.34. The number of anilines is 2. The molecule has 1 saturated heterocycles. The van der Waals surface area contributed by atoms with Gasteiger partial charge in [-0.05, 0) is 38.0 Å². The molecule has 0 atom stereocenters. The molecule has 138 valence electrons. The van der Waals surface area contributed by atoms with E-state index >= 15 is 0 Å². The van der Waals surface area contributed by atoms with E-state index in [9.17, 15) is 4.79 Å². The van der Waals surface area contributed by atoms with Crippen LogP contribution in [0.5, 0.6) is 5.75 Å². The van der Waals surface area contributed by atoms with Crippen molar-refractivity contribution >= 4 is 29.0 Å². The molecule has 0 aliphatic carbocycles. The summed E-state index contributed by atoms with van der Waals surface area (Å²) in [4.78, 5) is 23.7. The Morgan fingerprint density at radius 3 is 2.54 bits per heavy atom. The van der Waals surface area contributed by atoms with Gasteiger partial charge in [-0.2, -0.15) is 0 Å². The number of ether oxygens (including phenoxy) is 1. The van der Waals surface area contributed by atoms with Crippen LogP contribution in [0.4, 0.5) is 11.5 Å². The summed E-state index contributed by atoms with van der Waals surface area (Å²) in [5, 5.41) is 3.27. The molecule has 7 heteroatoms. The van der Waals surface area contributed by atoms with E-state index in [-0.39, 0.29) is 5.91 Å². The Morgan fingerprint density at radius 2 is 1.88 bits per heavy atom. The van der Waals surface area contributed by atoms with Gasteiger partial charge < -0.3 is 15.0 Å². The lowest BCUT2D eigenvalue weighted by molar-refractivity contribution is 0.102. The van der Waals surface area contributed by atoms with Gasteiger partial charge in [0.25, 0.3) is 5.91 Å². The molecule has 3 rings (SSSR count). The van der Waals surface area contributed by atoms with E-state index in [1.807, 2.05) is 6.92 Å². The van der Waals surface area contributed by atoms with Gasteiger partial charge in [0.15, 0.2) is 0 Å². The molecule has 1 fully saturated rings. The Balaban J connectivity index is 1.79. The topological polar surface area (TPSA) is 67.3 Å². The highest BCUT2D eigenvalue weighted by atomic mass is 35.5. The highest BCUT2D eigenvalue weighted by Gasteiger charge is 2.16. The number of aromatic nitrogens is 2. The van der Waals surface area contributed by atoms with Gasteiger partial charge in [0.1, 0.15) is 23.1 Å². The van der Waals surface area contributed by atoms with E-state index < -0.39 is 0 Å². The number of hydrogen-bond acceptors (Lipinski definition) is 5. The van der Waals surface area contributed by atoms with Gasteiger partial charge in [-0.3, -0.25) is 4.79 Å². The predicted octanol–water partition coefficient (Wildman–Crippen LogP) is 4.08. The first kappa shape index (κ1) is 18.5. The summed E-state index contributed by atoms with van der Waals surface area (Å²) >= 11 is 6.12. The molecule has 1 aliphatic heterocycles. The second-order valence-corrected chi connectivity index (χ2v) is 6.77. The zero-order valence-corrected chi connectivity index (χ0v) is 15.8. The van der Waals surface area contributed by atoms with Crippen LogP contribution >= 0.6 is 11.6 Å². The van der Waals surface area contributed by atoms with Crippen molar-refractivity contribution in [2.24, 2.45) is 0 Å². The Bertz CT molecular complexity index is 789. The molecule has 0 saturated carbocycles. The van der Waals surface area contributed by atoms with Crippen LogP contribution in [-0.4, -0.2) is 36.1 Å². The maximum Gasteiger partial charge on any atom is 0.274 e. The number of hydrogen-bond donors (Lipinski definition) is 1. The standard InChI is InChI=1S/C19H23ClN4O2/c1-13-21-16(12-18(22-13)24-9-5-3-4-6-10-24)19(25)23-14-7-8-17(26-2)15(20)11-14/h7-8,11-12H,3-6,9-10H2,1-2H3,(H,23,25). The zero-order valence-electron chi connectivity index (χ0n) is 15.1. The first-order valence-corrected chi connectivity index (χ1v) is 9.20. The van der Waals surface area contributed by atoms with Gasteiger partial charge in [0.2, 0.25) is 0 Å². The summed E-state index contributed by atoms with van der Waals surface area (Å²) in [7, 11) is 1.55. The zero-order chi connectivity index (χ0) is 18.5. The third kappa shape index (κ3) is 4.43. The molecule has 0 bridgehead atoms. The average Bonchev–Trinajstić information content (AvgIpc) is 2.91. The molecule has 1 N–H and O–H groups in total. The van der Waals surface area contributed by atoms with E-state index in [1.54, 1.807) is 31.4 Å². The van der Waals surface area contributed by atoms with Crippen molar-refractivity contribution < 1.29 is 9.53 Å². The van der Waals surface area contributed by atoms with Gasteiger partial charge in [-0.1, -0.05) is 24.4 Å². The molecule has 1 amide bonds. The monoisotopic (exact) mass is 374 g/mol. The number of amides is 1. The first-order valence-electron chi connectivity index (χ1n) is 8.82. The summed E-state index contributed by atoms with van der Waals surface area (Å²) in [6, 6.07) is 6.87. The average molecular weight is 375 g/mol. The van der Waals surface area contributed by atoms with Crippen LogP contribution in [0.15, 0.2) is 24.3 Å². The molecule has 1 aromatic heterocycles. The normalized spacial score (nSPS) is 14.7. The van der Waals surface area contributed by atoms with Crippen molar-refractivity contribution in [3.05, 3.63) is 40.8 Å². The van der Waals surface area contributed by atoms with Crippen LogP contribution in [0.25, 0.3) is 0 Å². The highest BCUT2D eigenvalue weighted by molar-refractivity contribution is 6.32. The van der Waals surface area contributed by atoms with Crippen molar-refractivity contribution in [2.75, 3.05) is 30.4 Å². The summed E-state index contributed by atoms with van der Waals surface area (Å²) in [6.45, 7) is 3.74. The molecule has 2 aromatic rings. The van der Waals surface area contributed by atoms with Gasteiger partial charge in [0.05, 0.1) is 12.1 Å². The van der Waals surface area contributed by atoms with Gasteiger partial charge in [-0.25, -0.2) is 9.97 Å². The minimum absolute atomic E-state index is 0.284. The van der Waals surface area contributed by atoms with Crippen LogP contribution in [0.1, 0.15) is 42.0 Å². The van der Waals surface area contributed by atoms with Crippen LogP contribution in [0, 0.1) is 6.92 Å². The predicted molar refractivity (Wildman–Crippen MR) is 103 cm³/mol. The molecule has 1 aliphatic rings. The maximum atomic E-state index is 12.6. The highest BCUT2D eigenvalue weighted by Crippen LogP contribution is 2.27. The molecular weight excluding hydrogens is 352 g/mol. The summed E-state index contributed by atoms with van der Waals surface area (Å²) in [5.74, 6) is 1.68. The minimum atomic E-state index is -0.284. The fourth-order valence-corrected chi connectivity index (χ4v) is 3.33. The molecule has 0 unspecified atom stereocenters. The first-order chi connectivity index (χ1) is 12.6. The lowest BCUT2D eigenvalue weighted by Gasteiger charge is -2.22. The molecule has 6 nitrogen and oxygen atoms in total. The largest absolute Gasteiger partial charge is 0.495 e. The number of nitrogens with zero attached hydrogens (tertiary/aromatic N) is 3.